The van der Waals surface area contributed by atoms with Gasteiger partial charge in [-0.1, -0.05) is 138 Å². The molecule has 1 heterocycles. The van der Waals surface area contributed by atoms with E-state index in [4.69, 9.17) is 18.9 Å². The third-order valence-corrected chi connectivity index (χ3v) is 9.36. The van der Waals surface area contributed by atoms with Crippen LogP contribution in [0, 0.1) is 0 Å². The minimum atomic E-state index is -1.55. The second kappa shape index (κ2) is 37.2. The first-order chi connectivity index (χ1) is 26.9. The van der Waals surface area contributed by atoms with Crippen LogP contribution in [0.15, 0.2) is 72.9 Å². The highest BCUT2D eigenvalue weighted by atomic mass is 16.7. The van der Waals surface area contributed by atoms with Gasteiger partial charge in [0.15, 0.2) is 6.29 Å². The van der Waals surface area contributed by atoms with Crippen LogP contribution in [0.25, 0.3) is 0 Å². The fourth-order valence-corrected chi connectivity index (χ4v) is 5.99. The number of hydrogen-bond acceptors (Lipinski definition) is 9. The van der Waals surface area contributed by atoms with Gasteiger partial charge in [-0.05, 0) is 77.0 Å². The molecule has 0 saturated carbocycles. The Morgan fingerprint density at radius 2 is 1.11 bits per heavy atom. The number of aliphatic hydroxyl groups is 4. The molecule has 6 atom stereocenters. The molecule has 9 nitrogen and oxygen atoms in total. The fraction of sp³-hybridized carbons (Fsp3) is 0.717. The average Bonchev–Trinajstić information content (AvgIpc) is 3.18. The Balaban J connectivity index is 2.33. The van der Waals surface area contributed by atoms with Crippen molar-refractivity contribution in [3.63, 3.8) is 0 Å². The summed E-state index contributed by atoms with van der Waals surface area (Å²) in [6.07, 6.45) is 40.8. The molecule has 1 fully saturated rings. The van der Waals surface area contributed by atoms with Gasteiger partial charge in [0.1, 0.15) is 30.5 Å². The zero-order valence-electron chi connectivity index (χ0n) is 34.4. The van der Waals surface area contributed by atoms with Crippen molar-refractivity contribution in [2.75, 3.05) is 26.4 Å². The molecular weight excluding hydrogens is 696 g/mol. The lowest BCUT2D eigenvalue weighted by Gasteiger charge is -2.39. The number of unbranched alkanes of at least 4 members (excludes halogenated alkanes) is 12. The maximum absolute atomic E-state index is 12.8. The lowest BCUT2D eigenvalue weighted by molar-refractivity contribution is -0.305. The summed E-state index contributed by atoms with van der Waals surface area (Å²) in [5.74, 6) is -0.344. The molecular formula is C46H78O9. The first-order valence-corrected chi connectivity index (χ1v) is 21.5. The molecule has 1 saturated heterocycles. The van der Waals surface area contributed by atoms with Crippen LogP contribution in [0.4, 0.5) is 0 Å². The second-order valence-corrected chi connectivity index (χ2v) is 14.4. The van der Waals surface area contributed by atoms with Gasteiger partial charge in [0.05, 0.1) is 19.8 Å². The first kappa shape index (κ1) is 50.6. The van der Waals surface area contributed by atoms with Gasteiger partial charge in [-0.25, -0.2) is 0 Å². The van der Waals surface area contributed by atoms with E-state index >= 15 is 0 Å². The Bertz CT molecular complexity index is 1060. The molecule has 1 rings (SSSR count). The third kappa shape index (κ3) is 28.6. The molecule has 0 spiro atoms. The normalized spacial score (nSPS) is 21.5. The fourth-order valence-electron chi connectivity index (χ4n) is 5.99. The monoisotopic (exact) mass is 775 g/mol. The van der Waals surface area contributed by atoms with E-state index in [0.29, 0.717) is 13.0 Å². The lowest BCUT2D eigenvalue weighted by atomic mass is 9.99. The SMILES string of the molecule is CC/C=C\C/C=C\C/C=C\C/C=C\CCCOCC(COC1OC(CO)C(O)C(O)C1O)OC(=O)CCCCCCCCC/C=C\C/C=C\CCCCCC. The molecule has 0 aromatic heterocycles. The predicted octanol–water partition coefficient (Wildman–Crippen LogP) is 9.30. The van der Waals surface area contributed by atoms with Crippen molar-refractivity contribution in [1.82, 2.24) is 0 Å². The van der Waals surface area contributed by atoms with Crippen LogP contribution < -0.4 is 0 Å². The summed E-state index contributed by atoms with van der Waals surface area (Å²) in [5.41, 5.74) is 0. The number of rotatable bonds is 35. The van der Waals surface area contributed by atoms with Gasteiger partial charge < -0.3 is 39.4 Å². The summed E-state index contributed by atoms with van der Waals surface area (Å²) >= 11 is 0. The summed E-state index contributed by atoms with van der Waals surface area (Å²) in [5, 5.41) is 40.0. The molecule has 9 heteroatoms. The molecule has 1 aliphatic heterocycles. The highest BCUT2D eigenvalue weighted by molar-refractivity contribution is 5.69. The first-order valence-electron chi connectivity index (χ1n) is 21.5. The quantitative estimate of drug-likeness (QED) is 0.0282. The number of ether oxygens (including phenoxy) is 4. The minimum absolute atomic E-state index is 0.0996. The Kier molecular flexibility index (Phi) is 34.3. The highest BCUT2D eigenvalue weighted by Crippen LogP contribution is 2.22. The van der Waals surface area contributed by atoms with Crippen LogP contribution in [0.2, 0.25) is 0 Å². The average molecular weight is 775 g/mol. The van der Waals surface area contributed by atoms with Crippen LogP contribution in [0.1, 0.15) is 149 Å². The van der Waals surface area contributed by atoms with E-state index in [1.807, 2.05) is 0 Å². The summed E-state index contributed by atoms with van der Waals surface area (Å²) in [6, 6.07) is 0. The van der Waals surface area contributed by atoms with Gasteiger partial charge in [-0.3, -0.25) is 4.79 Å². The minimum Gasteiger partial charge on any atom is -0.457 e. The van der Waals surface area contributed by atoms with Crippen LogP contribution >= 0.6 is 0 Å². The van der Waals surface area contributed by atoms with E-state index in [2.05, 4.69) is 86.8 Å². The third-order valence-electron chi connectivity index (χ3n) is 9.36. The van der Waals surface area contributed by atoms with E-state index < -0.39 is 43.4 Å². The van der Waals surface area contributed by atoms with Crippen molar-refractivity contribution in [3.8, 4) is 0 Å². The van der Waals surface area contributed by atoms with Crippen LogP contribution in [-0.4, -0.2) is 89.6 Å². The molecule has 316 valence electrons. The van der Waals surface area contributed by atoms with Crippen molar-refractivity contribution >= 4 is 5.97 Å². The predicted molar refractivity (Wildman–Crippen MR) is 224 cm³/mol. The topological polar surface area (TPSA) is 135 Å². The van der Waals surface area contributed by atoms with Crippen molar-refractivity contribution in [3.05, 3.63) is 72.9 Å². The standard InChI is InChI=1S/C46H78O9/c1-3-5-7-9-11-13-15-17-19-20-21-22-23-25-27-29-31-33-35-42(48)54-40(39-53-46-45(51)44(50)43(49)41(37-47)55-46)38-52-36-34-32-30-28-26-24-18-16-14-12-10-8-6-4-2/h6,8,12-15,18-20,24,28,30,40-41,43-47,49-51H,3-5,7,9-11,16-17,21-23,25-27,29,31-39H2,1-2H3/b8-6-,14-12-,15-13-,20-19-,24-18-,30-28-. The molecule has 55 heavy (non-hydrogen) atoms. The van der Waals surface area contributed by atoms with Crippen molar-refractivity contribution in [2.45, 2.75) is 185 Å². The number of carbonyl (C=O) groups is 1. The Labute approximate surface area is 334 Å². The summed E-state index contributed by atoms with van der Waals surface area (Å²) in [7, 11) is 0. The van der Waals surface area contributed by atoms with Gasteiger partial charge >= 0.3 is 5.97 Å². The van der Waals surface area contributed by atoms with Crippen LogP contribution in [-0.2, 0) is 23.7 Å². The summed E-state index contributed by atoms with van der Waals surface area (Å²) < 4.78 is 22.7. The zero-order valence-corrected chi connectivity index (χ0v) is 34.4. The van der Waals surface area contributed by atoms with Gasteiger partial charge in [0.2, 0.25) is 0 Å². The van der Waals surface area contributed by atoms with E-state index in [-0.39, 0.29) is 19.2 Å². The number of hydrogen-bond donors (Lipinski definition) is 4. The lowest BCUT2D eigenvalue weighted by Crippen LogP contribution is -2.59. The number of aliphatic hydroxyl groups excluding tert-OH is 4. The zero-order chi connectivity index (χ0) is 40.0. The van der Waals surface area contributed by atoms with Gasteiger partial charge in [-0.15, -0.1) is 0 Å². The molecule has 0 aliphatic carbocycles. The number of esters is 1. The molecule has 6 unspecified atom stereocenters. The molecule has 0 bridgehead atoms. The van der Waals surface area contributed by atoms with Crippen molar-refractivity contribution < 1.29 is 44.2 Å². The van der Waals surface area contributed by atoms with Crippen molar-refractivity contribution in [2.24, 2.45) is 0 Å². The summed E-state index contributed by atoms with van der Waals surface area (Å²) in [6.45, 7) is 4.25. The maximum Gasteiger partial charge on any atom is 0.306 e. The molecule has 4 N–H and O–H groups in total. The Morgan fingerprint density at radius 3 is 1.67 bits per heavy atom. The molecule has 0 aromatic carbocycles. The van der Waals surface area contributed by atoms with E-state index in [0.717, 1.165) is 77.0 Å². The molecule has 0 radical (unpaired) electrons. The van der Waals surface area contributed by atoms with Crippen LogP contribution in [0.5, 0.6) is 0 Å². The second-order valence-electron chi connectivity index (χ2n) is 14.4. The number of carbonyl (C=O) groups excluding carboxylic acids is 1. The largest absolute Gasteiger partial charge is 0.457 e. The van der Waals surface area contributed by atoms with E-state index in [1.165, 1.54) is 51.4 Å². The van der Waals surface area contributed by atoms with Gasteiger partial charge in [0.25, 0.3) is 0 Å². The maximum atomic E-state index is 12.8. The molecule has 0 aromatic rings. The highest BCUT2D eigenvalue weighted by Gasteiger charge is 2.44. The van der Waals surface area contributed by atoms with Gasteiger partial charge in [0, 0.05) is 13.0 Å². The Morgan fingerprint density at radius 1 is 0.600 bits per heavy atom. The van der Waals surface area contributed by atoms with Gasteiger partial charge in [-0.2, -0.15) is 0 Å². The van der Waals surface area contributed by atoms with E-state index in [9.17, 15) is 25.2 Å². The van der Waals surface area contributed by atoms with Crippen LogP contribution in [0.3, 0.4) is 0 Å². The summed E-state index contributed by atoms with van der Waals surface area (Å²) in [4.78, 5) is 12.8. The molecule has 1 aliphatic rings. The smallest absolute Gasteiger partial charge is 0.306 e. The van der Waals surface area contributed by atoms with E-state index in [1.54, 1.807) is 0 Å². The Hall–Kier alpha value is -2.37. The molecule has 0 amide bonds. The number of allylic oxidation sites excluding steroid dienone is 12. The van der Waals surface area contributed by atoms with Crippen molar-refractivity contribution in [1.29, 1.82) is 0 Å².